The van der Waals surface area contributed by atoms with Gasteiger partial charge in [-0.1, -0.05) is 19.1 Å². The number of aryl methyl sites for hydroxylation is 1. The van der Waals surface area contributed by atoms with Crippen molar-refractivity contribution in [1.29, 1.82) is 0 Å². The van der Waals surface area contributed by atoms with Crippen LogP contribution in [-0.4, -0.2) is 16.0 Å². The number of hydrogen-bond donors (Lipinski definition) is 2. The fraction of sp³-hybridized carbons (Fsp3) is 0.235. The minimum Gasteiger partial charge on any atom is -0.508 e. The third kappa shape index (κ3) is 3.18. The molecule has 0 spiro atoms. The number of ketones is 1. The zero-order chi connectivity index (χ0) is 14.7. The number of carbonyl (C=O) groups is 1. The van der Waals surface area contributed by atoms with Crippen LogP contribution in [0.15, 0.2) is 36.4 Å². The number of rotatable bonds is 4. The molecule has 0 amide bonds. The molecule has 0 radical (unpaired) electrons. The fourth-order valence-electron chi connectivity index (χ4n) is 2.23. The third-order valence-corrected chi connectivity index (χ3v) is 3.32. The largest absolute Gasteiger partial charge is 0.508 e. The van der Waals surface area contributed by atoms with Crippen molar-refractivity contribution < 1.29 is 15.0 Å². The Morgan fingerprint density at radius 3 is 2.40 bits per heavy atom. The van der Waals surface area contributed by atoms with E-state index in [-0.39, 0.29) is 17.3 Å². The first-order valence-corrected chi connectivity index (χ1v) is 6.64. The van der Waals surface area contributed by atoms with Crippen LogP contribution in [0.3, 0.4) is 0 Å². The second-order valence-electron chi connectivity index (χ2n) is 4.94. The van der Waals surface area contributed by atoms with Gasteiger partial charge in [-0.15, -0.1) is 0 Å². The van der Waals surface area contributed by atoms with Gasteiger partial charge < -0.3 is 10.2 Å². The molecule has 3 heteroatoms. The lowest BCUT2D eigenvalue weighted by molar-refractivity contribution is 0.101. The molecule has 104 valence electrons. The maximum atomic E-state index is 11.4. The van der Waals surface area contributed by atoms with E-state index in [1.165, 1.54) is 13.0 Å². The lowest BCUT2D eigenvalue weighted by Crippen LogP contribution is -1.96. The molecule has 0 aliphatic carbocycles. The molecule has 0 fully saturated rings. The topological polar surface area (TPSA) is 57.5 Å². The van der Waals surface area contributed by atoms with Gasteiger partial charge >= 0.3 is 0 Å². The van der Waals surface area contributed by atoms with Crippen molar-refractivity contribution in [3.63, 3.8) is 0 Å². The van der Waals surface area contributed by atoms with Crippen LogP contribution in [-0.2, 0) is 12.8 Å². The van der Waals surface area contributed by atoms with E-state index in [1.807, 2.05) is 19.1 Å². The standard InChI is InChI=1S/C17H18O3/c1-3-14-5-4-12(9-17(14)20)6-13-7-15(11(2)18)10-16(19)8-13/h4-5,7-10,19-20H,3,6H2,1-2H3. The molecule has 0 unspecified atom stereocenters. The molecule has 2 rings (SSSR count). The average molecular weight is 270 g/mol. The zero-order valence-electron chi connectivity index (χ0n) is 11.7. The highest BCUT2D eigenvalue weighted by molar-refractivity contribution is 5.94. The van der Waals surface area contributed by atoms with E-state index in [2.05, 4.69) is 0 Å². The first kappa shape index (κ1) is 14.1. The Hall–Kier alpha value is -2.29. The quantitative estimate of drug-likeness (QED) is 0.836. The first-order valence-electron chi connectivity index (χ1n) is 6.64. The van der Waals surface area contributed by atoms with Crippen LogP contribution in [0.5, 0.6) is 11.5 Å². The molecule has 0 bridgehead atoms. The highest BCUT2D eigenvalue weighted by Crippen LogP contribution is 2.23. The average Bonchev–Trinajstić information content (AvgIpc) is 2.38. The normalized spacial score (nSPS) is 10.5. The van der Waals surface area contributed by atoms with Gasteiger partial charge in [0.2, 0.25) is 0 Å². The molecule has 0 aromatic heterocycles. The second kappa shape index (κ2) is 5.78. The minimum atomic E-state index is -0.0775. The van der Waals surface area contributed by atoms with Crippen molar-refractivity contribution in [2.45, 2.75) is 26.7 Å². The monoisotopic (exact) mass is 270 g/mol. The number of phenolic OH excluding ortho intramolecular Hbond substituents is 2. The molecule has 0 aliphatic heterocycles. The van der Waals surface area contributed by atoms with Gasteiger partial charge in [-0.3, -0.25) is 4.79 Å². The molecule has 2 N–H and O–H groups in total. The van der Waals surface area contributed by atoms with Crippen molar-refractivity contribution in [3.05, 3.63) is 58.7 Å². The van der Waals surface area contributed by atoms with Crippen LogP contribution in [0, 0.1) is 0 Å². The van der Waals surface area contributed by atoms with Gasteiger partial charge in [0.05, 0.1) is 0 Å². The van der Waals surface area contributed by atoms with Crippen molar-refractivity contribution in [3.8, 4) is 11.5 Å². The Morgan fingerprint density at radius 1 is 1.05 bits per heavy atom. The van der Waals surface area contributed by atoms with Crippen LogP contribution in [0.4, 0.5) is 0 Å². The Kier molecular flexibility index (Phi) is 4.08. The van der Waals surface area contributed by atoms with Crippen molar-refractivity contribution in [2.75, 3.05) is 0 Å². The van der Waals surface area contributed by atoms with Gasteiger partial charge in [-0.05, 0) is 60.7 Å². The molecule has 2 aromatic carbocycles. The van der Waals surface area contributed by atoms with Crippen LogP contribution < -0.4 is 0 Å². The van der Waals surface area contributed by atoms with Gasteiger partial charge in [0.15, 0.2) is 5.78 Å². The van der Waals surface area contributed by atoms with Gasteiger partial charge in [0, 0.05) is 5.56 Å². The van der Waals surface area contributed by atoms with Gasteiger partial charge in [0.25, 0.3) is 0 Å². The lowest BCUT2D eigenvalue weighted by atomic mass is 9.99. The Balaban J connectivity index is 2.30. The molecule has 0 saturated carbocycles. The summed E-state index contributed by atoms with van der Waals surface area (Å²) in [5.74, 6) is 0.297. The summed E-state index contributed by atoms with van der Waals surface area (Å²) >= 11 is 0. The third-order valence-electron chi connectivity index (χ3n) is 3.32. The molecule has 0 saturated heterocycles. The minimum absolute atomic E-state index is 0.0775. The van der Waals surface area contributed by atoms with Gasteiger partial charge in [-0.25, -0.2) is 0 Å². The second-order valence-corrected chi connectivity index (χ2v) is 4.94. The molecule has 2 aromatic rings. The summed E-state index contributed by atoms with van der Waals surface area (Å²) in [6.45, 7) is 3.46. The highest BCUT2D eigenvalue weighted by atomic mass is 16.3. The lowest BCUT2D eigenvalue weighted by Gasteiger charge is -2.08. The molecule has 0 aliphatic rings. The van der Waals surface area contributed by atoms with E-state index in [0.717, 1.165) is 23.1 Å². The van der Waals surface area contributed by atoms with Crippen molar-refractivity contribution in [2.24, 2.45) is 0 Å². The van der Waals surface area contributed by atoms with E-state index in [1.54, 1.807) is 18.2 Å². The molecule has 20 heavy (non-hydrogen) atoms. The zero-order valence-corrected chi connectivity index (χ0v) is 11.7. The van der Waals surface area contributed by atoms with Crippen LogP contribution in [0.2, 0.25) is 0 Å². The predicted octanol–water partition coefficient (Wildman–Crippen LogP) is 3.45. The molecule has 0 heterocycles. The summed E-state index contributed by atoms with van der Waals surface area (Å²) in [4.78, 5) is 11.4. The molecular weight excluding hydrogens is 252 g/mol. The van der Waals surface area contributed by atoms with Crippen molar-refractivity contribution in [1.82, 2.24) is 0 Å². The number of Topliss-reactive ketones (excluding diaryl/α,β-unsaturated/α-hetero) is 1. The fourth-order valence-corrected chi connectivity index (χ4v) is 2.23. The van der Waals surface area contributed by atoms with E-state index in [0.29, 0.717) is 12.0 Å². The number of hydrogen-bond acceptors (Lipinski definition) is 3. The Morgan fingerprint density at radius 2 is 1.80 bits per heavy atom. The Bertz CT molecular complexity index is 645. The molecular formula is C17H18O3. The number of aromatic hydroxyl groups is 2. The maximum Gasteiger partial charge on any atom is 0.159 e. The van der Waals surface area contributed by atoms with Crippen LogP contribution in [0.1, 0.15) is 40.9 Å². The molecule has 0 atom stereocenters. The van der Waals surface area contributed by atoms with E-state index in [9.17, 15) is 15.0 Å². The SMILES string of the molecule is CCc1ccc(Cc2cc(O)cc(C(C)=O)c2)cc1O. The smallest absolute Gasteiger partial charge is 0.159 e. The summed E-state index contributed by atoms with van der Waals surface area (Å²) in [7, 11) is 0. The Labute approximate surface area is 118 Å². The summed E-state index contributed by atoms with van der Waals surface area (Å²) < 4.78 is 0. The van der Waals surface area contributed by atoms with Gasteiger partial charge in [-0.2, -0.15) is 0 Å². The number of benzene rings is 2. The summed E-state index contributed by atoms with van der Waals surface area (Å²) in [6, 6.07) is 10.5. The van der Waals surface area contributed by atoms with E-state index >= 15 is 0 Å². The summed E-state index contributed by atoms with van der Waals surface area (Å²) in [6.07, 6.45) is 1.35. The van der Waals surface area contributed by atoms with E-state index < -0.39 is 0 Å². The van der Waals surface area contributed by atoms with Crippen molar-refractivity contribution >= 4 is 5.78 Å². The molecule has 3 nitrogen and oxygen atoms in total. The highest BCUT2D eigenvalue weighted by Gasteiger charge is 2.07. The van der Waals surface area contributed by atoms with Crippen LogP contribution >= 0.6 is 0 Å². The number of carbonyl (C=O) groups excluding carboxylic acids is 1. The maximum absolute atomic E-state index is 11.4. The summed E-state index contributed by atoms with van der Waals surface area (Å²) in [5, 5.41) is 19.5. The number of phenols is 2. The summed E-state index contributed by atoms with van der Waals surface area (Å²) in [5.41, 5.74) is 3.20. The van der Waals surface area contributed by atoms with E-state index in [4.69, 9.17) is 0 Å². The predicted molar refractivity (Wildman–Crippen MR) is 78.4 cm³/mol. The van der Waals surface area contributed by atoms with Crippen LogP contribution in [0.25, 0.3) is 0 Å². The first-order chi connectivity index (χ1) is 9.49. The van der Waals surface area contributed by atoms with Gasteiger partial charge in [0.1, 0.15) is 11.5 Å².